The Labute approximate surface area is 184 Å². The van der Waals surface area contributed by atoms with Crippen molar-refractivity contribution in [2.75, 3.05) is 13.1 Å². The molecule has 1 atom stereocenters. The molecule has 0 aliphatic carbocycles. The van der Waals surface area contributed by atoms with Gasteiger partial charge in [-0.15, -0.1) is 0 Å². The molecule has 1 aromatic heterocycles. The third kappa shape index (κ3) is 5.48. The number of carbonyl (C=O) groups is 1. The van der Waals surface area contributed by atoms with Crippen molar-refractivity contribution in [1.82, 2.24) is 9.47 Å². The summed E-state index contributed by atoms with van der Waals surface area (Å²) in [6.07, 6.45) is 6.09. The van der Waals surface area contributed by atoms with E-state index in [4.69, 9.17) is 9.47 Å². The van der Waals surface area contributed by atoms with Gasteiger partial charge in [0.25, 0.3) is 0 Å². The van der Waals surface area contributed by atoms with Crippen molar-refractivity contribution < 1.29 is 14.3 Å². The fraction of sp³-hybridized carbons (Fsp3) is 0.346. The summed E-state index contributed by atoms with van der Waals surface area (Å²) >= 11 is 0. The number of ether oxygens (including phenoxy) is 2. The number of nitrogens with zero attached hydrogens (tertiary/aromatic N) is 2. The largest absolute Gasteiger partial charge is 0.457 e. The number of para-hydroxylation sites is 1. The first kappa shape index (κ1) is 21.0. The van der Waals surface area contributed by atoms with Crippen LogP contribution in [0.1, 0.15) is 45.1 Å². The number of hydrogen-bond donors (Lipinski definition) is 0. The molecule has 0 radical (unpaired) electrons. The van der Waals surface area contributed by atoms with Gasteiger partial charge in [-0.2, -0.15) is 0 Å². The van der Waals surface area contributed by atoms with Crippen molar-refractivity contribution in [2.24, 2.45) is 0 Å². The van der Waals surface area contributed by atoms with E-state index in [0.29, 0.717) is 12.5 Å². The summed E-state index contributed by atoms with van der Waals surface area (Å²) in [4.78, 5) is 14.3. The summed E-state index contributed by atoms with van der Waals surface area (Å²) in [7, 11) is 0. The van der Waals surface area contributed by atoms with Crippen LogP contribution in [0.2, 0.25) is 0 Å². The molecule has 0 N–H and O–H groups in total. The van der Waals surface area contributed by atoms with E-state index >= 15 is 0 Å². The first-order valence-corrected chi connectivity index (χ1v) is 10.9. The second-order valence-electron chi connectivity index (χ2n) is 9.03. The molecule has 5 heteroatoms. The maximum absolute atomic E-state index is 12.5. The maximum Gasteiger partial charge on any atom is 0.410 e. The van der Waals surface area contributed by atoms with Crippen LogP contribution < -0.4 is 4.74 Å². The Balaban J connectivity index is 1.41. The number of amides is 1. The van der Waals surface area contributed by atoms with Crippen LogP contribution in [0, 0.1) is 0 Å². The van der Waals surface area contributed by atoms with E-state index in [2.05, 4.69) is 35.2 Å². The van der Waals surface area contributed by atoms with Gasteiger partial charge in [0.1, 0.15) is 17.1 Å². The summed E-state index contributed by atoms with van der Waals surface area (Å²) in [5.41, 5.74) is 1.85. The molecule has 162 valence electrons. The summed E-state index contributed by atoms with van der Waals surface area (Å²) in [6, 6.07) is 20.0. The van der Waals surface area contributed by atoms with Gasteiger partial charge in [-0.25, -0.2) is 4.79 Å². The summed E-state index contributed by atoms with van der Waals surface area (Å²) in [5, 5.41) is 0. The van der Waals surface area contributed by atoms with Crippen LogP contribution in [0.3, 0.4) is 0 Å². The van der Waals surface area contributed by atoms with Crippen molar-refractivity contribution >= 4 is 6.09 Å². The molecule has 1 aliphatic heterocycles. The Morgan fingerprint density at radius 1 is 0.968 bits per heavy atom. The monoisotopic (exact) mass is 418 g/mol. The smallest absolute Gasteiger partial charge is 0.410 e. The highest BCUT2D eigenvalue weighted by atomic mass is 16.6. The second kappa shape index (κ2) is 8.88. The van der Waals surface area contributed by atoms with Crippen LogP contribution in [0.15, 0.2) is 73.1 Å². The van der Waals surface area contributed by atoms with Crippen LogP contribution in [0.4, 0.5) is 4.79 Å². The van der Waals surface area contributed by atoms with E-state index in [1.807, 2.05) is 68.1 Å². The molecule has 3 aromatic rings. The van der Waals surface area contributed by atoms with Crippen LogP contribution in [-0.2, 0) is 4.74 Å². The summed E-state index contributed by atoms with van der Waals surface area (Å²) in [5.74, 6) is 1.95. The molecule has 0 bridgehead atoms. The highest BCUT2D eigenvalue weighted by molar-refractivity contribution is 5.68. The van der Waals surface area contributed by atoms with Crippen molar-refractivity contribution in [3.05, 3.63) is 78.6 Å². The van der Waals surface area contributed by atoms with Crippen LogP contribution >= 0.6 is 0 Å². The minimum absolute atomic E-state index is 0.217. The SMILES string of the molecule is CC(C)(C)OC(=O)N1CCCC(c2ccn(-c3ccc(Oc4ccccc4)cc3)c2)C1. The van der Waals surface area contributed by atoms with Gasteiger partial charge in [-0.05, 0) is 81.6 Å². The zero-order valence-corrected chi connectivity index (χ0v) is 18.5. The molecule has 1 fully saturated rings. The molecular formula is C26H30N2O3. The van der Waals surface area contributed by atoms with Gasteiger partial charge in [0.15, 0.2) is 0 Å². The molecule has 1 amide bonds. The average Bonchev–Trinajstić information content (AvgIpc) is 3.24. The molecular weight excluding hydrogens is 388 g/mol. The van der Waals surface area contributed by atoms with Gasteiger partial charge in [-0.1, -0.05) is 18.2 Å². The molecule has 1 unspecified atom stereocenters. The highest BCUT2D eigenvalue weighted by Gasteiger charge is 2.28. The fourth-order valence-corrected chi connectivity index (χ4v) is 3.87. The lowest BCUT2D eigenvalue weighted by Crippen LogP contribution is -2.42. The minimum Gasteiger partial charge on any atom is -0.457 e. The van der Waals surface area contributed by atoms with E-state index in [1.165, 1.54) is 5.56 Å². The Morgan fingerprint density at radius 2 is 1.68 bits per heavy atom. The number of piperidine rings is 1. The number of rotatable bonds is 4. The van der Waals surface area contributed by atoms with Gasteiger partial charge in [0, 0.05) is 37.1 Å². The Hall–Kier alpha value is -3.21. The Kier molecular flexibility index (Phi) is 6.03. The lowest BCUT2D eigenvalue weighted by molar-refractivity contribution is 0.0198. The lowest BCUT2D eigenvalue weighted by Gasteiger charge is -2.34. The van der Waals surface area contributed by atoms with Crippen molar-refractivity contribution in [1.29, 1.82) is 0 Å². The minimum atomic E-state index is -0.469. The number of aromatic nitrogens is 1. The van der Waals surface area contributed by atoms with Gasteiger partial charge in [0.05, 0.1) is 0 Å². The summed E-state index contributed by atoms with van der Waals surface area (Å²) in [6.45, 7) is 7.17. The summed E-state index contributed by atoms with van der Waals surface area (Å²) < 4.78 is 13.6. The van der Waals surface area contributed by atoms with Crippen LogP contribution in [0.5, 0.6) is 11.5 Å². The predicted octanol–water partition coefficient (Wildman–Crippen LogP) is 6.38. The standard InChI is InChI=1S/C26H30N2O3/c1-26(2,3)31-25(29)28-16-7-8-20(19-28)21-15-17-27(18-21)22-11-13-24(14-12-22)30-23-9-5-4-6-10-23/h4-6,9-15,17-18,20H,7-8,16,19H2,1-3H3. The lowest BCUT2D eigenvalue weighted by atomic mass is 9.93. The van der Waals surface area contributed by atoms with E-state index in [9.17, 15) is 4.79 Å². The molecule has 2 aromatic carbocycles. The van der Waals surface area contributed by atoms with Crippen molar-refractivity contribution in [2.45, 2.75) is 45.1 Å². The third-order valence-electron chi connectivity index (χ3n) is 5.37. The topological polar surface area (TPSA) is 43.7 Å². The molecule has 31 heavy (non-hydrogen) atoms. The highest BCUT2D eigenvalue weighted by Crippen LogP contribution is 2.29. The molecule has 5 nitrogen and oxygen atoms in total. The predicted molar refractivity (Wildman–Crippen MR) is 122 cm³/mol. The van der Waals surface area contributed by atoms with Crippen LogP contribution in [0.25, 0.3) is 5.69 Å². The fourth-order valence-electron chi connectivity index (χ4n) is 3.87. The van der Waals surface area contributed by atoms with Crippen LogP contribution in [-0.4, -0.2) is 34.3 Å². The molecule has 4 rings (SSSR count). The molecule has 1 aliphatic rings. The molecule has 0 spiro atoms. The first-order chi connectivity index (χ1) is 14.9. The van der Waals surface area contributed by atoms with Gasteiger partial charge in [0.2, 0.25) is 0 Å². The third-order valence-corrected chi connectivity index (χ3v) is 5.37. The molecule has 1 saturated heterocycles. The van der Waals surface area contributed by atoms with E-state index in [-0.39, 0.29) is 6.09 Å². The second-order valence-corrected chi connectivity index (χ2v) is 9.03. The van der Waals surface area contributed by atoms with Gasteiger partial charge < -0.3 is 18.9 Å². The number of benzene rings is 2. The van der Waals surface area contributed by atoms with Crippen molar-refractivity contribution in [3.8, 4) is 17.2 Å². The number of hydrogen-bond acceptors (Lipinski definition) is 3. The molecule has 2 heterocycles. The average molecular weight is 419 g/mol. The van der Waals surface area contributed by atoms with E-state index in [1.54, 1.807) is 0 Å². The maximum atomic E-state index is 12.5. The van der Waals surface area contributed by atoms with E-state index in [0.717, 1.165) is 36.6 Å². The number of likely N-dealkylation sites (tertiary alicyclic amines) is 1. The Morgan fingerprint density at radius 3 is 2.39 bits per heavy atom. The van der Waals surface area contributed by atoms with Crippen molar-refractivity contribution in [3.63, 3.8) is 0 Å². The van der Waals surface area contributed by atoms with Gasteiger partial charge in [-0.3, -0.25) is 0 Å². The Bertz CT molecular complexity index is 1000. The molecule has 0 saturated carbocycles. The zero-order valence-electron chi connectivity index (χ0n) is 18.5. The normalized spacial score (nSPS) is 16.7. The number of carbonyl (C=O) groups excluding carboxylic acids is 1. The quantitative estimate of drug-likeness (QED) is 0.493. The first-order valence-electron chi connectivity index (χ1n) is 10.9. The zero-order chi connectivity index (χ0) is 21.8. The van der Waals surface area contributed by atoms with E-state index < -0.39 is 5.60 Å². The van der Waals surface area contributed by atoms with Gasteiger partial charge >= 0.3 is 6.09 Å².